The second kappa shape index (κ2) is 8.66. The Morgan fingerprint density at radius 1 is 1.21 bits per heavy atom. The monoisotopic (exact) mass is 394 g/mol. The highest BCUT2D eigenvalue weighted by Crippen LogP contribution is 2.35. The van der Waals surface area contributed by atoms with Gasteiger partial charge in [0.2, 0.25) is 0 Å². The van der Waals surface area contributed by atoms with E-state index in [0.717, 1.165) is 40.6 Å². The van der Waals surface area contributed by atoms with Crippen LogP contribution in [0.15, 0.2) is 42.6 Å². The molecule has 3 aromatic rings. The highest BCUT2D eigenvalue weighted by Gasteiger charge is 2.22. The number of fused-ring (bicyclic) bond motifs is 1. The molecule has 0 spiro atoms. The molecule has 0 radical (unpaired) electrons. The maximum atomic E-state index is 12.5. The first-order valence-corrected chi connectivity index (χ1v) is 10.1. The maximum absolute atomic E-state index is 12.5. The van der Waals surface area contributed by atoms with E-state index in [4.69, 9.17) is 14.6 Å². The van der Waals surface area contributed by atoms with Gasteiger partial charge in [0.15, 0.2) is 0 Å². The molecular formula is C23H26N2O4. The fraction of sp³-hybridized carbons (Fsp3) is 0.391. The van der Waals surface area contributed by atoms with E-state index in [9.17, 15) is 4.79 Å². The van der Waals surface area contributed by atoms with Crippen molar-refractivity contribution in [3.63, 3.8) is 0 Å². The van der Waals surface area contributed by atoms with Crippen molar-refractivity contribution in [2.75, 3.05) is 20.3 Å². The van der Waals surface area contributed by atoms with E-state index >= 15 is 0 Å². The Hall–Kier alpha value is -2.86. The smallest absolute Gasteiger partial charge is 0.338 e. The minimum atomic E-state index is -0.363. The third-order valence-corrected chi connectivity index (χ3v) is 5.53. The van der Waals surface area contributed by atoms with Gasteiger partial charge in [-0.05, 0) is 48.2 Å². The number of aliphatic hydroxyl groups excluding tert-OH is 1. The molecule has 0 amide bonds. The number of ether oxygens (including phenoxy) is 2. The van der Waals surface area contributed by atoms with Gasteiger partial charge in [0.1, 0.15) is 5.75 Å². The van der Waals surface area contributed by atoms with E-state index in [1.54, 1.807) is 6.20 Å². The summed E-state index contributed by atoms with van der Waals surface area (Å²) in [5, 5.41) is 14.4. The van der Waals surface area contributed by atoms with E-state index in [2.05, 4.69) is 15.8 Å². The van der Waals surface area contributed by atoms with Gasteiger partial charge in [0, 0.05) is 18.4 Å². The molecule has 1 fully saturated rings. The average Bonchev–Trinajstić information content (AvgIpc) is 3.42. The Morgan fingerprint density at radius 3 is 2.79 bits per heavy atom. The number of aliphatic hydroxyl groups is 1. The summed E-state index contributed by atoms with van der Waals surface area (Å²) >= 11 is 0. The lowest BCUT2D eigenvalue weighted by Crippen LogP contribution is -2.07. The van der Waals surface area contributed by atoms with Crippen molar-refractivity contribution >= 4 is 16.9 Å². The van der Waals surface area contributed by atoms with E-state index in [1.165, 1.54) is 20.0 Å². The molecule has 0 unspecified atom stereocenters. The summed E-state index contributed by atoms with van der Waals surface area (Å²) in [6, 6.07) is 12.1. The van der Waals surface area contributed by atoms with Crippen LogP contribution in [0.5, 0.6) is 5.75 Å². The van der Waals surface area contributed by atoms with E-state index < -0.39 is 0 Å². The first-order valence-electron chi connectivity index (χ1n) is 10.1. The van der Waals surface area contributed by atoms with Crippen LogP contribution in [0.25, 0.3) is 22.0 Å². The largest absolute Gasteiger partial charge is 0.493 e. The molecule has 6 heteroatoms. The van der Waals surface area contributed by atoms with Gasteiger partial charge in [-0.3, -0.25) is 4.68 Å². The molecule has 4 rings (SSSR count). The molecule has 1 aromatic heterocycles. The summed E-state index contributed by atoms with van der Waals surface area (Å²) in [6.07, 6.45) is 7.01. The van der Waals surface area contributed by atoms with Crippen LogP contribution in [0.1, 0.15) is 48.5 Å². The van der Waals surface area contributed by atoms with Crippen molar-refractivity contribution < 1.29 is 19.4 Å². The van der Waals surface area contributed by atoms with Gasteiger partial charge in [-0.2, -0.15) is 5.10 Å². The molecular weight excluding hydrogens is 368 g/mol. The number of nitrogens with zero attached hydrogens (tertiary/aromatic N) is 2. The second-order valence-corrected chi connectivity index (χ2v) is 7.43. The number of hydrogen-bond donors (Lipinski definition) is 1. The third kappa shape index (κ3) is 3.98. The van der Waals surface area contributed by atoms with E-state index in [0.29, 0.717) is 24.6 Å². The summed E-state index contributed by atoms with van der Waals surface area (Å²) < 4.78 is 12.8. The topological polar surface area (TPSA) is 73.6 Å². The van der Waals surface area contributed by atoms with E-state index in [1.807, 2.05) is 30.3 Å². The molecule has 1 heterocycles. The first-order chi connectivity index (χ1) is 14.2. The fourth-order valence-electron chi connectivity index (χ4n) is 4.05. The highest BCUT2D eigenvalue weighted by molar-refractivity contribution is 6.05. The summed E-state index contributed by atoms with van der Waals surface area (Å²) in [6.45, 7) is 0.560. The zero-order valence-corrected chi connectivity index (χ0v) is 16.6. The Bertz CT molecular complexity index is 1010. The van der Waals surface area contributed by atoms with Gasteiger partial charge in [0.25, 0.3) is 0 Å². The highest BCUT2D eigenvalue weighted by atomic mass is 16.5. The predicted octanol–water partition coefficient (Wildman–Crippen LogP) is 4.37. The molecule has 0 saturated heterocycles. The SMILES string of the molecule is COC(=O)c1cc(-c2cccc(OCCCO)c2)cc2c1cnn2C1CCCC1. The molecule has 1 saturated carbocycles. The fourth-order valence-corrected chi connectivity index (χ4v) is 4.05. The van der Waals surface area contributed by atoms with Crippen molar-refractivity contribution in [3.8, 4) is 16.9 Å². The second-order valence-electron chi connectivity index (χ2n) is 7.43. The summed E-state index contributed by atoms with van der Waals surface area (Å²) in [4.78, 5) is 12.5. The van der Waals surface area contributed by atoms with Gasteiger partial charge in [-0.1, -0.05) is 25.0 Å². The third-order valence-electron chi connectivity index (χ3n) is 5.53. The van der Waals surface area contributed by atoms with Crippen molar-refractivity contribution in [1.82, 2.24) is 9.78 Å². The Labute approximate surface area is 170 Å². The maximum Gasteiger partial charge on any atom is 0.338 e. The van der Waals surface area contributed by atoms with Crippen LogP contribution < -0.4 is 4.74 Å². The lowest BCUT2D eigenvalue weighted by molar-refractivity contribution is 0.0603. The molecule has 29 heavy (non-hydrogen) atoms. The van der Waals surface area contributed by atoms with Crippen LogP contribution >= 0.6 is 0 Å². The Balaban J connectivity index is 1.78. The number of rotatable bonds is 7. The molecule has 1 aliphatic carbocycles. The van der Waals surface area contributed by atoms with Gasteiger partial charge in [-0.15, -0.1) is 0 Å². The number of benzene rings is 2. The lowest BCUT2D eigenvalue weighted by Gasteiger charge is -2.14. The lowest BCUT2D eigenvalue weighted by atomic mass is 9.99. The molecule has 0 atom stereocenters. The Morgan fingerprint density at radius 2 is 2.03 bits per heavy atom. The number of esters is 1. The molecule has 0 bridgehead atoms. The van der Waals surface area contributed by atoms with Gasteiger partial charge in [0.05, 0.1) is 37.0 Å². The van der Waals surface area contributed by atoms with Crippen molar-refractivity contribution in [2.45, 2.75) is 38.1 Å². The summed E-state index contributed by atoms with van der Waals surface area (Å²) in [5.74, 6) is 0.373. The zero-order chi connectivity index (χ0) is 20.2. The minimum absolute atomic E-state index is 0.101. The van der Waals surface area contributed by atoms with Crippen LogP contribution in [0.3, 0.4) is 0 Å². The molecule has 6 nitrogen and oxygen atoms in total. The van der Waals surface area contributed by atoms with Gasteiger partial charge >= 0.3 is 5.97 Å². The zero-order valence-electron chi connectivity index (χ0n) is 16.6. The van der Waals surface area contributed by atoms with Crippen LogP contribution in [0.4, 0.5) is 0 Å². The van der Waals surface area contributed by atoms with Crippen molar-refractivity contribution in [1.29, 1.82) is 0 Å². The van der Waals surface area contributed by atoms with Gasteiger partial charge < -0.3 is 14.6 Å². The summed E-state index contributed by atoms with van der Waals surface area (Å²) in [5.41, 5.74) is 3.36. The normalized spacial score (nSPS) is 14.4. The molecule has 1 N–H and O–H groups in total. The standard InChI is InChI=1S/C23H26N2O4/c1-28-23(27)20-13-17(16-6-4-9-19(12-16)29-11-5-10-26)14-22-21(20)15-24-25(22)18-7-2-3-8-18/h4,6,9,12-15,18,26H,2-3,5,7-8,10-11H2,1H3. The van der Waals surface area contributed by atoms with Crippen LogP contribution in [-0.4, -0.2) is 41.2 Å². The molecule has 0 aliphatic heterocycles. The van der Waals surface area contributed by atoms with Gasteiger partial charge in [-0.25, -0.2) is 4.79 Å². The number of carbonyl (C=O) groups excluding carboxylic acids is 1. The van der Waals surface area contributed by atoms with Crippen LogP contribution in [0, 0.1) is 0 Å². The molecule has 1 aliphatic rings. The van der Waals surface area contributed by atoms with Crippen LogP contribution in [0.2, 0.25) is 0 Å². The summed E-state index contributed by atoms with van der Waals surface area (Å²) in [7, 11) is 1.40. The average molecular weight is 394 g/mol. The number of methoxy groups -OCH3 is 1. The minimum Gasteiger partial charge on any atom is -0.493 e. The predicted molar refractivity (Wildman–Crippen MR) is 111 cm³/mol. The quantitative estimate of drug-likeness (QED) is 0.476. The number of aromatic nitrogens is 2. The number of hydrogen-bond acceptors (Lipinski definition) is 5. The number of carbonyl (C=O) groups is 1. The van der Waals surface area contributed by atoms with E-state index in [-0.39, 0.29) is 12.6 Å². The van der Waals surface area contributed by atoms with Crippen LogP contribution in [-0.2, 0) is 4.74 Å². The first kappa shape index (κ1) is 19.5. The molecule has 2 aromatic carbocycles. The Kier molecular flexibility index (Phi) is 5.81. The van der Waals surface area contributed by atoms with Crippen molar-refractivity contribution in [3.05, 3.63) is 48.2 Å². The van der Waals surface area contributed by atoms with Crippen molar-refractivity contribution in [2.24, 2.45) is 0 Å². The molecule has 152 valence electrons.